The zero-order chi connectivity index (χ0) is 13.5. The van der Waals surface area contributed by atoms with E-state index < -0.39 is 5.97 Å². The largest absolute Gasteiger partial charge is 0.478 e. The average Bonchev–Trinajstić information content (AvgIpc) is 2.36. The summed E-state index contributed by atoms with van der Waals surface area (Å²) in [5.41, 5.74) is 1.01. The molecule has 1 rings (SSSR count). The number of likely N-dealkylation sites (N-methyl/N-ethyl adjacent to an activating group) is 1. The third kappa shape index (κ3) is 4.63. The lowest BCUT2D eigenvalue weighted by atomic mass is 10.2. The molecule has 96 valence electrons. The van der Waals surface area contributed by atoms with Gasteiger partial charge in [0, 0.05) is 30.6 Å². The fourth-order valence-electron chi connectivity index (χ4n) is 1.35. The van der Waals surface area contributed by atoms with Crippen LogP contribution < -0.4 is 0 Å². The second-order valence-electron chi connectivity index (χ2n) is 3.71. The van der Waals surface area contributed by atoms with Gasteiger partial charge in [0.1, 0.15) is 0 Å². The maximum Gasteiger partial charge on any atom is 0.328 e. The van der Waals surface area contributed by atoms with Crippen LogP contribution in [0.5, 0.6) is 0 Å². The maximum absolute atomic E-state index is 11.5. The smallest absolute Gasteiger partial charge is 0.328 e. The Balaban J connectivity index is 2.60. The molecule has 0 aliphatic carbocycles. The predicted octanol–water partition coefficient (Wildman–Crippen LogP) is 2.01. The number of nitrogens with zero attached hydrogens (tertiary/aromatic N) is 1. The molecule has 0 bridgehead atoms. The highest BCUT2D eigenvalue weighted by Crippen LogP contribution is 2.15. The van der Waals surface area contributed by atoms with Gasteiger partial charge in [-0.25, -0.2) is 4.79 Å². The first-order valence-corrected chi connectivity index (χ1v) is 6.54. The van der Waals surface area contributed by atoms with Crippen molar-refractivity contribution in [2.75, 3.05) is 13.3 Å². The molecule has 0 aliphatic heterocycles. The van der Waals surface area contributed by atoms with Crippen molar-refractivity contribution in [3.05, 3.63) is 42.0 Å². The van der Waals surface area contributed by atoms with E-state index in [0.717, 1.165) is 17.7 Å². The molecule has 18 heavy (non-hydrogen) atoms. The van der Waals surface area contributed by atoms with Crippen LogP contribution >= 0.6 is 11.8 Å². The molecule has 0 saturated heterocycles. The van der Waals surface area contributed by atoms with Crippen LogP contribution in [0.25, 0.3) is 0 Å². The minimum absolute atomic E-state index is 0.327. The van der Waals surface area contributed by atoms with E-state index in [1.807, 2.05) is 30.5 Å². The molecule has 0 aliphatic rings. The first-order chi connectivity index (χ1) is 8.52. The van der Waals surface area contributed by atoms with E-state index in [9.17, 15) is 9.59 Å². The number of carboxylic acid groups (broad SMARTS) is 1. The lowest BCUT2D eigenvalue weighted by molar-refractivity contribution is -0.132. The Morgan fingerprint density at radius 3 is 2.39 bits per heavy atom. The number of carboxylic acids is 1. The minimum atomic E-state index is -1.12. The summed E-state index contributed by atoms with van der Waals surface area (Å²) in [7, 11) is 1.64. The standard InChI is InChI=1S/C13H15NO3S/c1-14(12(15)7-8-13(16)17)9-10-3-5-11(18-2)6-4-10/h3-8H,9H2,1-2H3,(H,16,17)/b8-7+. The van der Waals surface area contributed by atoms with E-state index in [-0.39, 0.29) is 5.91 Å². The van der Waals surface area contributed by atoms with Gasteiger partial charge in [0.05, 0.1) is 0 Å². The van der Waals surface area contributed by atoms with Crippen molar-refractivity contribution >= 4 is 23.6 Å². The number of rotatable bonds is 5. The normalized spacial score (nSPS) is 10.6. The summed E-state index contributed by atoms with van der Waals surface area (Å²) in [6, 6.07) is 7.89. The van der Waals surface area contributed by atoms with Crippen molar-refractivity contribution < 1.29 is 14.7 Å². The van der Waals surface area contributed by atoms with Crippen LogP contribution in [-0.4, -0.2) is 35.2 Å². The molecular weight excluding hydrogens is 250 g/mol. The number of aliphatic carboxylic acids is 1. The van der Waals surface area contributed by atoms with Crippen molar-refractivity contribution in [1.29, 1.82) is 0 Å². The third-order valence-corrected chi connectivity index (χ3v) is 3.07. The van der Waals surface area contributed by atoms with Crippen molar-refractivity contribution in [2.24, 2.45) is 0 Å². The number of hydrogen-bond acceptors (Lipinski definition) is 3. The number of benzene rings is 1. The van der Waals surface area contributed by atoms with Crippen molar-refractivity contribution in [3.8, 4) is 0 Å². The van der Waals surface area contributed by atoms with Gasteiger partial charge >= 0.3 is 5.97 Å². The summed E-state index contributed by atoms with van der Waals surface area (Å²) >= 11 is 1.66. The number of carbonyl (C=O) groups excluding carboxylic acids is 1. The third-order valence-electron chi connectivity index (χ3n) is 2.32. The molecule has 1 N–H and O–H groups in total. The molecule has 4 nitrogen and oxygen atoms in total. The van der Waals surface area contributed by atoms with Gasteiger partial charge in [-0.3, -0.25) is 4.79 Å². The van der Waals surface area contributed by atoms with Gasteiger partial charge in [0.2, 0.25) is 5.91 Å². The minimum Gasteiger partial charge on any atom is -0.478 e. The summed E-state index contributed by atoms with van der Waals surface area (Å²) in [4.78, 5) is 24.5. The van der Waals surface area contributed by atoms with Crippen molar-refractivity contribution in [3.63, 3.8) is 0 Å². The quantitative estimate of drug-likeness (QED) is 0.653. The molecule has 0 heterocycles. The first-order valence-electron chi connectivity index (χ1n) is 5.32. The number of thioether (sulfide) groups is 1. The highest BCUT2D eigenvalue weighted by molar-refractivity contribution is 7.98. The van der Waals surface area contributed by atoms with Crippen molar-refractivity contribution in [1.82, 2.24) is 4.90 Å². The lowest BCUT2D eigenvalue weighted by Crippen LogP contribution is -2.24. The fraction of sp³-hybridized carbons (Fsp3) is 0.231. The van der Waals surface area contributed by atoms with E-state index in [0.29, 0.717) is 6.54 Å². The summed E-state index contributed by atoms with van der Waals surface area (Å²) < 4.78 is 0. The number of amides is 1. The Hall–Kier alpha value is -1.75. The zero-order valence-corrected chi connectivity index (χ0v) is 11.1. The van der Waals surface area contributed by atoms with E-state index in [4.69, 9.17) is 5.11 Å². The Bertz CT molecular complexity index is 454. The predicted molar refractivity (Wildman–Crippen MR) is 71.5 cm³/mol. The van der Waals surface area contributed by atoms with Crippen LogP contribution in [-0.2, 0) is 16.1 Å². The second kappa shape index (κ2) is 6.86. The summed E-state index contributed by atoms with van der Waals surface area (Å²) in [6.45, 7) is 0.456. The van der Waals surface area contributed by atoms with Gasteiger partial charge in [0.15, 0.2) is 0 Å². The fourth-order valence-corrected chi connectivity index (χ4v) is 1.76. The summed E-state index contributed by atoms with van der Waals surface area (Å²) in [6.07, 6.45) is 3.90. The topological polar surface area (TPSA) is 57.6 Å². The van der Waals surface area contributed by atoms with Crippen LogP contribution in [0.15, 0.2) is 41.3 Å². The molecule has 0 atom stereocenters. The van der Waals surface area contributed by atoms with E-state index >= 15 is 0 Å². The SMILES string of the molecule is CSc1ccc(CN(C)C(=O)/C=C/C(=O)O)cc1. The monoisotopic (exact) mass is 265 g/mol. The van der Waals surface area contributed by atoms with Crippen molar-refractivity contribution in [2.45, 2.75) is 11.4 Å². The van der Waals surface area contributed by atoms with Crippen LogP contribution in [0.3, 0.4) is 0 Å². The summed E-state index contributed by atoms with van der Waals surface area (Å²) in [5.74, 6) is -1.45. The molecule has 5 heteroatoms. The zero-order valence-electron chi connectivity index (χ0n) is 10.3. The van der Waals surface area contributed by atoms with Gasteiger partial charge in [-0.1, -0.05) is 12.1 Å². The summed E-state index contributed by atoms with van der Waals surface area (Å²) in [5, 5.41) is 8.43. The molecular formula is C13H15NO3S. The lowest BCUT2D eigenvalue weighted by Gasteiger charge is -2.15. The van der Waals surface area contributed by atoms with Gasteiger partial charge in [0.25, 0.3) is 0 Å². The molecule has 0 radical (unpaired) electrons. The van der Waals surface area contributed by atoms with Gasteiger partial charge in [-0.05, 0) is 24.0 Å². The highest BCUT2D eigenvalue weighted by atomic mass is 32.2. The Kier molecular flexibility index (Phi) is 5.45. The Morgan fingerprint density at radius 2 is 1.89 bits per heavy atom. The molecule has 0 aromatic heterocycles. The van der Waals surface area contributed by atoms with Crippen LogP contribution in [0.2, 0.25) is 0 Å². The Morgan fingerprint density at radius 1 is 1.28 bits per heavy atom. The molecule has 0 unspecified atom stereocenters. The molecule has 0 saturated carbocycles. The van der Waals surface area contributed by atoms with E-state index in [1.54, 1.807) is 18.8 Å². The average molecular weight is 265 g/mol. The molecule has 0 spiro atoms. The van der Waals surface area contributed by atoms with Gasteiger partial charge in [-0.15, -0.1) is 11.8 Å². The van der Waals surface area contributed by atoms with E-state index in [1.165, 1.54) is 9.80 Å². The molecule has 1 amide bonds. The molecule has 1 aromatic carbocycles. The molecule has 0 fully saturated rings. The Labute approximate surface area is 110 Å². The van der Waals surface area contributed by atoms with Gasteiger partial charge in [-0.2, -0.15) is 0 Å². The van der Waals surface area contributed by atoms with E-state index in [2.05, 4.69) is 0 Å². The van der Waals surface area contributed by atoms with Crippen LogP contribution in [0, 0.1) is 0 Å². The van der Waals surface area contributed by atoms with Gasteiger partial charge < -0.3 is 10.0 Å². The van der Waals surface area contributed by atoms with Crippen LogP contribution in [0.1, 0.15) is 5.56 Å². The highest BCUT2D eigenvalue weighted by Gasteiger charge is 2.06. The maximum atomic E-state index is 11.5. The first kappa shape index (κ1) is 14.3. The number of hydrogen-bond donors (Lipinski definition) is 1. The molecule has 1 aromatic rings. The second-order valence-corrected chi connectivity index (χ2v) is 4.59. The number of carbonyl (C=O) groups is 2. The van der Waals surface area contributed by atoms with Crippen LogP contribution in [0.4, 0.5) is 0 Å².